The Morgan fingerprint density at radius 2 is 1.66 bits per heavy atom. The molecule has 0 fully saturated rings. The number of benzene rings is 1. The lowest BCUT2D eigenvalue weighted by atomic mass is 10.1. The van der Waals surface area contributed by atoms with Crippen LogP contribution in [-0.2, 0) is 17.9 Å². The Morgan fingerprint density at radius 1 is 1.03 bits per heavy atom. The van der Waals surface area contributed by atoms with E-state index in [9.17, 15) is 9.59 Å². The Kier molecular flexibility index (Phi) is 11.3. The average Bonchev–Trinajstić information content (AvgIpc) is 3.55. The second-order valence-electron chi connectivity index (χ2n) is 8.46. The Balaban J connectivity index is 0.000000191. The van der Waals surface area contributed by atoms with Gasteiger partial charge in [0.1, 0.15) is 11.6 Å². The van der Waals surface area contributed by atoms with E-state index in [1.807, 2.05) is 79.5 Å². The summed E-state index contributed by atoms with van der Waals surface area (Å²) >= 11 is 0. The summed E-state index contributed by atoms with van der Waals surface area (Å²) in [7, 11) is 1.81. The van der Waals surface area contributed by atoms with Gasteiger partial charge in [0.15, 0.2) is 0 Å². The minimum Gasteiger partial charge on any atom is -0.300 e. The normalized spacial score (nSPS) is 15.8. The first kappa shape index (κ1) is 28.0. The molecule has 0 spiro atoms. The summed E-state index contributed by atoms with van der Waals surface area (Å²) in [5.41, 5.74) is 0.969. The van der Waals surface area contributed by atoms with Crippen LogP contribution in [0.3, 0.4) is 0 Å². The molecule has 2 aliphatic heterocycles. The van der Waals surface area contributed by atoms with Crippen molar-refractivity contribution >= 4 is 17.5 Å². The number of hydrogen-bond donors (Lipinski definition) is 0. The third-order valence-electron chi connectivity index (χ3n) is 5.67. The van der Waals surface area contributed by atoms with E-state index in [1.54, 1.807) is 11.9 Å². The van der Waals surface area contributed by atoms with E-state index in [0.717, 1.165) is 49.7 Å². The molecule has 5 rings (SSSR count). The number of nitrogens with zero attached hydrogens (tertiary/aromatic N) is 6. The fourth-order valence-electron chi connectivity index (χ4n) is 3.81. The van der Waals surface area contributed by atoms with Crippen LogP contribution in [0, 0.1) is 6.92 Å². The number of carbonyl (C=O) groups is 2. The fraction of sp³-hybridized carbons (Fsp3) is 0.519. The molecule has 2 aromatic heterocycles. The van der Waals surface area contributed by atoms with Gasteiger partial charge in [-0.1, -0.05) is 64.1 Å². The van der Waals surface area contributed by atoms with Crippen molar-refractivity contribution in [2.75, 3.05) is 11.9 Å². The second-order valence-corrected chi connectivity index (χ2v) is 8.46. The molecular weight excluding hydrogens is 440 g/mol. The molecule has 1 atom stereocenters. The van der Waals surface area contributed by atoms with Gasteiger partial charge in [0.2, 0.25) is 17.5 Å². The quantitative estimate of drug-likeness (QED) is 0.467. The predicted molar refractivity (Wildman–Crippen MR) is 140 cm³/mol. The summed E-state index contributed by atoms with van der Waals surface area (Å²) in [6.07, 6.45) is 4.02. The zero-order valence-corrected chi connectivity index (χ0v) is 22.1. The van der Waals surface area contributed by atoms with E-state index in [-0.39, 0.29) is 11.7 Å². The molecule has 8 heteroatoms. The minimum atomic E-state index is 0.0709. The molecule has 0 aliphatic carbocycles. The topological polar surface area (TPSA) is 85.9 Å². The summed E-state index contributed by atoms with van der Waals surface area (Å²) in [5, 5.41) is 8.53. The minimum absolute atomic E-state index is 0.0709. The van der Waals surface area contributed by atoms with E-state index in [0.29, 0.717) is 24.6 Å². The number of fused-ring (bicyclic) bond motifs is 2. The summed E-state index contributed by atoms with van der Waals surface area (Å²) in [4.78, 5) is 29.0. The molecule has 0 saturated heterocycles. The maximum atomic E-state index is 11.5. The molecule has 1 unspecified atom stereocenters. The van der Waals surface area contributed by atoms with E-state index >= 15 is 0 Å². The van der Waals surface area contributed by atoms with Gasteiger partial charge in [-0.25, -0.2) is 14.3 Å². The van der Waals surface area contributed by atoms with Crippen LogP contribution in [0.15, 0.2) is 42.5 Å². The monoisotopic (exact) mass is 480 g/mol. The van der Waals surface area contributed by atoms with Gasteiger partial charge >= 0.3 is 0 Å². The van der Waals surface area contributed by atoms with Crippen molar-refractivity contribution in [1.82, 2.24) is 24.5 Å². The van der Waals surface area contributed by atoms with E-state index in [1.165, 1.54) is 0 Å². The van der Waals surface area contributed by atoms with Crippen molar-refractivity contribution in [2.24, 2.45) is 0 Å². The molecule has 35 heavy (non-hydrogen) atoms. The van der Waals surface area contributed by atoms with Gasteiger partial charge in [-0.3, -0.25) is 9.59 Å². The molecule has 2 aliphatic rings. The molecule has 8 nitrogen and oxygen atoms in total. The number of aryl methyl sites for hydroxylation is 3. The van der Waals surface area contributed by atoms with Crippen molar-refractivity contribution in [3.63, 3.8) is 0 Å². The molecule has 1 aromatic carbocycles. The molecule has 4 heterocycles. The molecule has 0 bridgehead atoms. The van der Waals surface area contributed by atoms with Crippen LogP contribution in [0.4, 0.5) is 5.82 Å². The number of carbonyl (C=O) groups excluding carboxylic acids is 2. The van der Waals surface area contributed by atoms with Crippen molar-refractivity contribution in [1.29, 1.82) is 0 Å². The highest BCUT2D eigenvalue weighted by Crippen LogP contribution is 2.25. The zero-order valence-electron chi connectivity index (χ0n) is 22.1. The zero-order chi connectivity index (χ0) is 25.8. The second kappa shape index (κ2) is 14.2. The van der Waals surface area contributed by atoms with Crippen LogP contribution in [0.5, 0.6) is 0 Å². The number of ketones is 1. The molecule has 0 N–H and O–H groups in total. The number of anilines is 1. The van der Waals surface area contributed by atoms with E-state index < -0.39 is 0 Å². The number of amides is 1. The van der Waals surface area contributed by atoms with Gasteiger partial charge in [0.25, 0.3) is 0 Å². The Bertz CT molecular complexity index is 1030. The molecular formula is C27H40N6O2. The number of hydrogen-bond acceptors (Lipinski definition) is 5. The van der Waals surface area contributed by atoms with Crippen LogP contribution in [0.1, 0.15) is 87.9 Å². The lowest BCUT2D eigenvalue weighted by Crippen LogP contribution is -2.25. The Hall–Kier alpha value is -3.29. The maximum absolute atomic E-state index is 11.5. The van der Waals surface area contributed by atoms with Crippen molar-refractivity contribution in [2.45, 2.75) is 85.7 Å². The predicted octanol–water partition coefficient (Wildman–Crippen LogP) is 5.43. The van der Waals surface area contributed by atoms with E-state index in [2.05, 4.69) is 22.1 Å². The van der Waals surface area contributed by atoms with Crippen LogP contribution in [0.2, 0.25) is 0 Å². The summed E-state index contributed by atoms with van der Waals surface area (Å²) in [5.74, 6) is 3.00. The van der Waals surface area contributed by atoms with Gasteiger partial charge in [0, 0.05) is 45.0 Å². The molecule has 3 aromatic rings. The van der Waals surface area contributed by atoms with Gasteiger partial charge in [-0.15, -0.1) is 5.10 Å². The van der Waals surface area contributed by atoms with Gasteiger partial charge in [-0.2, -0.15) is 5.10 Å². The lowest BCUT2D eigenvalue weighted by Gasteiger charge is -2.13. The number of rotatable bonds is 3. The van der Waals surface area contributed by atoms with Crippen LogP contribution < -0.4 is 4.90 Å². The highest BCUT2D eigenvalue weighted by molar-refractivity contribution is 5.92. The van der Waals surface area contributed by atoms with Crippen LogP contribution in [-0.4, -0.2) is 43.3 Å². The number of Topliss-reactive ketones (excluding diaryl/α,β-unsaturated/α-hetero) is 1. The van der Waals surface area contributed by atoms with Gasteiger partial charge < -0.3 is 4.90 Å². The third-order valence-corrected chi connectivity index (χ3v) is 5.67. The largest absolute Gasteiger partial charge is 0.300 e. The van der Waals surface area contributed by atoms with Crippen molar-refractivity contribution in [3.8, 4) is 0 Å². The lowest BCUT2D eigenvalue weighted by molar-refractivity contribution is -0.118. The summed E-state index contributed by atoms with van der Waals surface area (Å²) in [6.45, 7) is 11.8. The molecule has 190 valence electrons. The summed E-state index contributed by atoms with van der Waals surface area (Å²) in [6, 6.07) is 13.9. The van der Waals surface area contributed by atoms with Crippen molar-refractivity contribution in [3.05, 3.63) is 59.8 Å². The third kappa shape index (κ3) is 7.87. The highest BCUT2D eigenvalue weighted by atomic mass is 16.2. The van der Waals surface area contributed by atoms with Gasteiger partial charge in [-0.05, 0) is 26.2 Å². The van der Waals surface area contributed by atoms with Crippen LogP contribution >= 0.6 is 0 Å². The average molecular weight is 481 g/mol. The first-order chi connectivity index (χ1) is 16.9. The van der Waals surface area contributed by atoms with Crippen molar-refractivity contribution < 1.29 is 9.59 Å². The molecule has 1 amide bonds. The molecule has 0 saturated carbocycles. The number of aromatic nitrogens is 5. The standard InChI is InChI=1S/C10H15N3O.C9H13N3O.C6H6.C2H6/c1-3-4-8(14)9-11-10-7(2)5-6-13(10)12-9;1-7-6-8-11(2)9(13)4-3-5-12(8)10-7;1-2-4-6-5-3-1;1-2/h7H,3-6H2,1-2H3;6H,3-5H2,1-2H3;1-6H;1-2H3. The van der Waals surface area contributed by atoms with Crippen LogP contribution in [0.25, 0.3) is 0 Å². The Morgan fingerprint density at radius 3 is 2.23 bits per heavy atom. The van der Waals surface area contributed by atoms with Gasteiger partial charge in [0.05, 0.1) is 5.69 Å². The first-order valence-electron chi connectivity index (χ1n) is 12.7. The first-order valence-corrected chi connectivity index (χ1v) is 12.7. The van der Waals surface area contributed by atoms with E-state index in [4.69, 9.17) is 0 Å². The smallest absolute Gasteiger partial charge is 0.227 e. The highest BCUT2D eigenvalue weighted by Gasteiger charge is 2.24. The SMILES string of the molecule is CC.CCCC(=O)c1nc2n(n1)CCC2C.Cc1cc2n(n1)CCCC(=O)N2C.c1ccccc1. The Labute approximate surface area is 209 Å². The maximum Gasteiger partial charge on any atom is 0.227 e. The molecule has 0 radical (unpaired) electrons. The summed E-state index contributed by atoms with van der Waals surface area (Å²) < 4.78 is 3.77. The fourth-order valence-corrected chi connectivity index (χ4v) is 3.81.